The number of nitrogens with zero attached hydrogens (tertiary/aromatic N) is 1. The van der Waals surface area contributed by atoms with Crippen LogP contribution in [0.15, 0.2) is 40.9 Å². The van der Waals surface area contributed by atoms with Gasteiger partial charge in [-0.2, -0.15) is 5.26 Å². The van der Waals surface area contributed by atoms with Gasteiger partial charge in [0.1, 0.15) is 17.6 Å². The Morgan fingerprint density at radius 2 is 1.83 bits per heavy atom. The largest absolute Gasteiger partial charge is 0.454 e. The van der Waals surface area contributed by atoms with Crippen molar-refractivity contribution < 1.29 is 4.74 Å². The molecular formula is C13H6BrCl2NO. The van der Waals surface area contributed by atoms with Crippen molar-refractivity contribution in [2.24, 2.45) is 0 Å². The third-order valence-electron chi connectivity index (χ3n) is 2.18. The van der Waals surface area contributed by atoms with E-state index in [-0.39, 0.29) is 0 Å². The Bertz CT molecular complexity index is 637. The number of hydrogen-bond donors (Lipinski definition) is 0. The molecule has 0 N–H and O–H groups in total. The minimum absolute atomic E-state index is 0.416. The third-order valence-corrected chi connectivity index (χ3v) is 3.22. The number of rotatable bonds is 2. The summed E-state index contributed by atoms with van der Waals surface area (Å²) in [4.78, 5) is 0. The van der Waals surface area contributed by atoms with E-state index >= 15 is 0 Å². The van der Waals surface area contributed by atoms with Gasteiger partial charge >= 0.3 is 0 Å². The van der Waals surface area contributed by atoms with Crippen LogP contribution in [-0.2, 0) is 0 Å². The van der Waals surface area contributed by atoms with Gasteiger partial charge in [0.05, 0.1) is 10.6 Å². The van der Waals surface area contributed by atoms with Crippen LogP contribution in [0, 0.1) is 11.3 Å². The molecule has 0 amide bonds. The van der Waals surface area contributed by atoms with Crippen molar-refractivity contribution in [2.75, 3.05) is 0 Å². The maximum Gasteiger partial charge on any atom is 0.147 e. The highest BCUT2D eigenvalue weighted by Crippen LogP contribution is 2.34. The molecule has 0 saturated heterocycles. The second-order valence-corrected chi connectivity index (χ2v) is 5.19. The molecule has 0 heterocycles. The topological polar surface area (TPSA) is 33.0 Å². The zero-order valence-electron chi connectivity index (χ0n) is 8.95. The number of hydrogen-bond acceptors (Lipinski definition) is 2. The fraction of sp³-hybridized carbons (Fsp3) is 0. The summed E-state index contributed by atoms with van der Waals surface area (Å²) < 4.78 is 6.44. The SMILES string of the molecule is N#Cc1ccc(Br)cc1Oc1cc(Cl)ccc1Cl. The lowest BCUT2D eigenvalue weighted by molar-refractivity contribution is 0.481. The Labute approximate surface area is 123 Å². The Balaban J connectivity index is 2.43. The molecule has 2 aromatic carbocycles. The van der Waals surface area contributed by atoms with Crippen molar-refractivity contribution in [3.05, 3.63) is 56.5 Å². The van der Waals surface area contributed by atoms with E-state index in [1.807, 2.05) is 0 Å². The fourth-order valence-electron chi connectivity index (χ4n) is 1.35. The Morgan fingerprint density at radius 3 is 2.56 bits per heavy atom. The van der Waals surface area contributed by atoms with Crippen LogP contribution in [-0.4, -0.2) is 0 Å². The van der Waals surface area contributed by atoms with Crippen LogP contribution >= 0.6 is 39.1 Å². The summed E-state index contributed by atoms with van der Waals surface area (Å²) in [6.45, 7) is 0. The molecule has 0 aliphatic rings. The summed E-state index contributed by atoms with van der Waals surface area (Å²) in [5.74, 6) is 0.842. The quantitative estimate of drug-likeness (QED) is 0.730. The lowest BCUT2D eigenvalue weighted by atomic mass is 10.2. The van der Waals surface area contributed by atoms with Crippen molar-refractivity contribution in [3.63, 3.8) is 0 Å². The predicted molar refractivity (Wildman–Crippen MR) is 75.4 cm³/mol. The maximum absolute atomic E-state index is 9.01. The van der Waals surface area contributed by atoms with Gasteiger partial charge in [-0.05, 0) is 30.3 Å². The lowest BCUT2D eigenvalue weighted by Gasteiger charge is -2.09. The summed E-state index contributed by atoms with van der Waals surface area (Å²) >= 11 is 15.2. The number of benzene rings is 2. The van der Waals surface area contributed by atoms with E-state index in [9.17, 15) is 0 Å². The molecule has 0 aromatic heterocycles. The van der Waals surface area contributed by atoms with E-state index in [0.717, 1.165) is 4.47 Å². The van der Waals surface area contributed by atoms with E-state index in [1.54, 1.807) is 36.4 Å². The first kappa shape index (κ1) is 13.2. The molecule has 2 rings (SSSR count). The molecule has 90 valence electrons. The smallest absolute Gasteiger partial charge is 0.147 e. The van der Waals surface area contributed by atoms with Crippen molar-refractivity contribution in [2.45, 2.75) is 0 Å². The molecule has 5 heteroatoms. The van der Waals surface area contributed by atoms with Crippen molar-refractivity contribution in [1.29, 1.82) is 5.26 Å². The highest BCUT2D eigenvalue weighted by Gasteiger charge is 2.09. The van der Waals surface area contributed by atoms with Gasteiger partial charge in [-0.3, -0.25) is 0 Å². The van der Waals surface area contributed by atoms with Gasteiger partial charge in [-0.15, -0.1) is 0 Å². The Morgan fingerprint density at radius 1 is 1.06 bits per heavy atom. The van der Waals surface area contributed by atoms with E-state index in [4.69, 9.17) is 33.2 Å². The Hall–Kier alpha value is -1.21. The van der Waals surface area contributed by atoms with Crippen LogP contribution in [0.5, 0.6) is 11.5 Å². The van der Waals surface area contributed by atoms with Crippen LogP contribution in [0.2, 0.25) is 10.0 Å². The molecule has 0 spiro atoms. The average molecular weight is 343 g/mol. The normalized spacial score (nSPS) is 9.89. The second kappa shape index (κ2) is 5.62. The van der Waals surface area contributed by atoms with Crippen LogP contribution in [0.3, 0.4) is 0 Å². The lowest BCUT2D eigenvalue weighted by Crippen LogP contribution is -1.89. The zero-order valence-corrected chi connectivity index (χ0v) is 12.1. The van der Waals surface area contributed by atoms with Crippen LogP contribution in [0.25, 0.3) is 0 Å². The second-order valence-electron chi connectivity index (χ2n) is 3.43. The van der Waals surface area contributed by atoms with Crippen LogP contribution in [0.1, 0.15) is 5.56 Å². The first-order chi connectivity index (χ1) is 8.60. The molecule has 2 nitrogen and oxygen atoms in total. The van der Waals surface area contributed by atoms with Gasteiger partial charge in [0.15, 0.2) is 0 Å². The molecule has 0 saturated carbocycles. The van der Waals surface area contributed by atoms with Crippen LogP contribution < -0.4 is 4.74 Å². The summed E-state index contributed by atoms with van der Waals surface area (Å²) in [5, 5.41) is 9.96. The molecule has 0 aliphatic heterocycles. The van der Waals surface area contributed by atoms with E-state index < -0.39 is 0 Å². The first-order valence-electron chi connectivity index (χ1n) is 4.92. The third kappa shape index (κ3) is 2.97. The molecule has 0 fully saturated rings. The molecule has 0 radical (unpaired) electrons. The molecule has 0 aliphatic carbocycles. The van der Waals surface area contributed by atoms with Gasteiger partial charge in [0.2, 0.25) is 0 Å². The van der Waals surface area contributed by atoms with E-state index in [0.29, 0.717) is 27.1 Å². The minimum atomic E-state index is 0.416. The van der Waals surface area contributed by atoms with Gasteiger partial charge < -0.3 is 4.74 Å². The number of nitriles is 1. The van der Waals surface area contributed by atoms with Gasteiger partial charge in [-0.25, -0.2) is 0 Å². The van der Waals surface area contributed by atoms with Gasteiger partial charge in [0.25, 0.3) is 0 Å². The number of halogens is 3. The standard InChI is InChI=1S/C13H6BrCl2NO/c14-9-2-1-8(7-17)12(5-9)18-13-6-10(15)3-4-11(13)16/h1-6H. The van der Waals surface area contributed by atoms with E-state index in [2.05, 4.69) is 22.0 Å². The molecule has 0 unspecified atom stereocenters. The highest BCUT2D eigenvalue weighted by molar-refractivity contribution is 9.10. The van der Waals surface area contributed by atoms with Gasteiger partial charge in [0, 0.05) is 15.6 Å². The van der Waals surface area contributed by atoms with Crippen LogP contribution in [0.4, 0.5) is 0 Å². The molecule has 0 atom stereocenters. The predicted octanol–water partition coefficient (Wildman–Crippen LogP) is 5.42. The first-order valence-corrected chi connectivity index (χ1v) is 6.47. The molecule has 18 heavy (non-hydrogen) atoms. The van der Waals surface area contributed by atoms with Crippen molar-refractivity contribution in [3.8, 4) is 17.6 Å². The minimum Gasteiger partial charge on any atom is -0.454 e. The summed E-state index contributed by atoms with van der Waals surface area (Å²) in [6.07, 6.45) is 0. The zero-order chi connectivity index (χ0) is 13.1. The Kier molecular flexibility index (Phi) is 4.13. The fourth-order valence-corrected chi connectivity index (χ4v) is 2.01. The van der Waals surface area contributed by atoms with Crippen molar-refractivity contribution >= 4 is 39.1 Å². The summed E-state index contributed by atoms with van der Waals surface area (Å²) in [5.41, 5.74) is 0.425. The number of ether oxygens (including phenoxy) is 1. The highest BCUT2D eigenvalue weighted by atomic mass is 79.9. The summed E-state index contributed by atoms with van der Waals surface area (Å²) in [7, 11) is 0. The molecule has 2 aromatic rings. The molecular weight excluding hydrogens is 337 g/mol. The van der Waals surface area contributed by atoms with Gasteiger partial charge in [-0.1, -0.05) is 39.1 Å². The maximum atomic E-state index is 9.01. The molecule has 0 bridgehead atoms. The summed E-state index contributed by atoms with van der Waals surface area (Å²) in [6, 6.07) is 12.1. The van der Waals surface area contributed by atoms with Crippen molar-refractivity contribution in [1.82, 2.24) is 0 Å². The monoisotopic (exact) mass is 341 g/mol. The average Bonchev–Trinajstić information content (AvgIpc) is 2.34. The van der Waals surface area contributed by atoms with E-state index in [1.165, 1.54) is 0 Å².